The van der Waals surface area contributed by atoms with Crippen LogP contribution >= 0.6 is 11.3 Å². The van der Waals surface area contributed by atoms with Crippen molar-refractivity contribution in [3.8, 4) is 0 Å². The molecule has 0 bridgehead atoms. The van der Waals surface area contributed by atoms with Gasteiger partial charge >= 0.3 is 0 Å². The van der Waals surface area contributed by atoms with E-state index in [2.05, 4.69) is 30.5 Å². The molecule has 1 amide bonds. The van der Waals surface area contributed by atoms with Crippen LogP contribution in [0.4, 0.5) is 0 Å². The van der Waals surface area contributed by atoms with Gasteiger partial charge in [0.25, 0.3) is 0 Å². The molecule has 0 unspecified atom stereocenters. The molecule has 2 N–H and O–H groups in total. The van der Waals surface area contributed by atoms with Crippen LogP contribution in [0.5, 0.6) is 0 Å². The van der Waals surface area contributed by atoms with Crippen molar-refractivity contribution in [2.75, 3.05) is 6.54 Å². The van der Waals surface area contributed by atoms with Crippen LogP contribution in [0.1, 0.15) is 31.2 Å². The molecule has 4 heteroatoms. The van der Waals surface area contributed by atoms with Crippen molar-refractivity contribution in [3.63, 3.8) is 0 Å². The number of thiophene rings is 1. The predicted molar refractivity (Wildman–Crippen MR) is 66.4 cm³/mol. The minimum atomic E-state index is -0.0174. The zero-order valence-corrected chi connectivity index (χ0v) is 10.5. The summed E-state index contributed by atoms with van der Waals surface area (Å²) < 4.78 is 0. The maximum Gasteiger partial charge on any atom is 0.237 e. The summed E-state index contributed by atoms with van der Waals surface area (Å²) in [5.74, 6) is 0.680. The highest BCUT2D eigenvalue weighted by Crippen LogP contribution is 2.21. The third-order valence-electron chi connectivity index (χ3n) is 2.80. The molecule has 0 spiro atoms. The fourth-order valence-corrected chi connectivity index (χ4v) is 2.78. The van der Waals surface area contributed by atoms with E-state index in [-0.39, 0.29) is 18.0 Å². The van der Waals surface area contributed by atoms with Crippen molar-refractivity contribution in [1.29, 1.82) is 0 Å². The molecule has 2 heterocycles. The average Bonchev–Trinajstić information content (AvgIpc) is 2.73. The fraction of sp³-hybridized carbons (Fsp3) is 0.583. The van der Waals surface area contributed by atoms with E-state index in [0.29, 0.717) is 5.92 Å². The van der Waals surface area contributed by atoms with Gasteiger partial charge in [-0.1, -0.05) is 19.9 Å². The molecule has 1 fully saturated rings. The highest BCUT2D eigenvalue weighted by Gasteiger charge is 2.28. The van der Waals surface area contributed by atoms with Gasteiger partial charge in [-0.2, -0.15) is 0 Å². The molecular formula is C12H18N2OS. The van der Waals surface area contributed by atoms with Gasteiger partial charge in [-0.25, -0.2) is 0 Å². The van der Waals surface area contributed by atoms with E-state index in [1.807, 2.05) is 11.4 Å². The van der Waals surface area contributed by atoms with Crippen LogP contribution in [-0.2, 0) is 4.79 Å². The maximum atomic E-state index is 11.9. The van der Waals surface area contributed by atoms with Crippen LogP contribution in [0, 0.1) is 5.92 Å². The quantitative estimate of drug-likeness (QED) is 0.844. The number of nitrogens with one attached hydrogen (secondary N) is 2. The summed E-state index contributed by atoms with van der Waals surface area (Å²) in [6.07, 6.45) is 0.906. The van der Waals surface area contributed by atoms with E-state index in [9.17, 15) is 4.79 Å². The van der Waals surface area contributed by atoms with Gasteiger partial charge in [0.2, 0.25) is 5.91 Å². The first kappa shape index (κ1) is 11.6. The molecule has 1 saturated heterocycles. The summed E-state index contributed by atoms with van der Waals surface area (Å²) in [4.78, 5) is 13.1. The predicted octanol–water partition coefficient (Wildman–Crippen LogP) is 1.92. The number of carbonyl (C=O) groups is 1. The van der Waals surface area contributed by atoms with Crippen molar-refractivity contribution in [2.24, 2.45) is 5.92 Å². The maximum absolute atomic E-state index is 11.9. The number of hydrogen-bond acceptors (Lipinski definition) is 3. The number of hydrogen-bond donors (Lipinski definition) is 2. The molecule has 3 nitrogen and oxygen atoms in total. The molecule has 1 aromatic rings. The number of amides is 1. The van der Waals surface area contributed by atoms with Crippen molar-refractivity contribution in [1.82, 2.24) is 10.6 Å². The Balaban J connectivity index is 1.95. The molecule has 1 aliphatic rings. The van der Waals surface area contributed by atoms with E-state index >= 15 is 0 Å². The van der Waals surface area contributed by atoms with Gasteiger partial charge in [0.1, 0.15) is 0 Å². The van der Waals surface area contributed by atoms with Crippen LogP contribution in [-0.4, -0.2) is 18.5 Å². The Labute approximate surface area is 100 Å². The zero-order chi connectivity index (χ0) is 11.5. The second-order valence-electron chi connectivity index (χ2n) is 4.67. The van der Waals surface area contributed by atoms with E-state index in [1.54, 1.807) is 11.3 Å². The second-order valence-corrected chi connectivity index (χ2v) is 5.65. The van der Waals surface area contributed by atoms with Crippen molar-refractivity contribution in [3.05, 3.63) is 22.4 Å². The van der Waals surface area contributed by atoms with Gasteiger partial charge in [0, 0.05) is 11.4 Å². The lowest BCUT2D eigenvalue weighted by atomic mass is 10.0. The van der Waals surface area contributed by atoms with Gasteiger partial charge in [-0.05, 0) is 23.8 Å². The Morgan fingerprint density at radius 2 is 2.38 bits per heavy atom. The molecule has 16 heavy (non-hydrogen) atoms. The lowest BCUT2D eigenvalue weighted by molar-refractivity contribution is -0.125. The van der Waals surface area contributed by atoms with Gasteiger partial charge in [-0.15, -0.1) is 11.3 Å². The zero-order valence-electron chi connectivity index (χ0n) is 9.69. The summed E-state index contributed by atoms with van der Waals surface area (Å²) in [7, 11) is 0. The van der Waals surface area contributed by atoms with E-state index in [1.165, 1.54) is 4.88 Å². The first-order valence-corrected chi connectivity index (χ1v) is 6.62. The van der Waals surface area contributed by atoms with Crippen molar-refractivity contribution >= 4 is 17.2 Å². The first-order valence-electron chi connectivity index (χ1n) is 5.74. The second kappa shape index (κ2) is 4.97. The van der Waals surface area contributed by atoms with E-state index in [0.717, 1.165) is 13.0 Å². The first-order chi connectivity index (χ1) is 7.66. The van der Waals surface area contributed by atoms with Crippen molar-refractivity contribution < 1.29 is 4.79 Å². The molecule has 0 radical (unpaired) electrons. The summed E-state index contributed by atoms with van der Waals surface area (Å²) >= 11 is 1.69. The average molecular weight is 238 g/mol. The molecule has 0 saturated carbocycles. The Hall–Kier alpha value is -0.870. The van der Waals surface area contributed by atoms with Crippen LogP contribution in [0.25, 0.3) is 0 Å². The SMILES string of the molecule is CC(C)C[C@@H]1NC[C@H](c2cccs2)NC1=O. The summed E-state index contributed by atoms with van der Waals surface area (Å²) in [6.45, 7) is 5.12. The molecule has 0 aromatic carbocycles. The smallest absolute Gasteiger partial charge is 0.237 e. The highest BCUT2D eigenvalue weighted by atomic mass is 32.1. The van der Waals surface area contributed by atoms with Gasteiger partial charge in [0.05, 0.1) is 12.1 Å². The van der Waals surface area contributed by atoms with Crippen LogP contribution in [0.2, 0.25) is 0 Å². The van der Waals surface area contributed by atoms with E-state index in [4.69, 9.17) is 0 Å². The van der Waals surface area contributed by atoms with E-state index < -0.39 is 0 Å². The number of piperazine rings is 1. The molecule has 88 valence electrons. The fourth-order valence-electron chi connectivity index (χ4n) is 2.00. The number of carbonyl (C=O) groups excluding carboxylic acids is 1. The van der Waals surface area contributed by atoms with Crippen LogP contribution in [0.15, 0.2) is 17.5 Å². The van der Waals surface area contributed by atoms with Gasteiger partial charge in [0.15, 0.2) is 0 Å². The monoisotopic (exact) mass is 238 g/mol. The van der Waals surface area contributed by atoms with Crippen LogP contribution in [0.3, 0.4) is 0 Å². The Morgan fingerprint density at radius 3 is 2.94 bits per heavy atom. The third-order valence-corrected chi connectivity index (χ3v) is 3.78. The standard InChI is InChI=1S/C12H18N2OS/c1-8(2)6-9-12(15)14-10(7-13-9)11-4-3-5-16-11/h3-5,8-10,13H,6-7H2,1-2H3,(H,14,15)/t9-,10+/m0/s1. The minimum Gasteiger partial charge on any atom is -0.346 e. The van der Waals surface area contributed by atoms with Crippen LogP contribution < -0.4 is 10.6 Å². The van der Waals surface area contributed by atoms with Gasteiger partial charge < -0.3 is 10.6 Å². The van der Waals surface area contributed by atoms with Crippen molar-refractivity contribution in [2.45, 2.75) is 32.4 Å². The third kappa shape index (κ3) is 2.62. The normalized spacial score (nSPS) is 25.8. The lowest BCUT2D eigenvalue weighted by Crippen LogP contribution is -2.54. The summed E-state index contributed by atoms with van der Waals surface area (Å²) in [5.41, 5.74) is 0. The Morgan fingerprint density at radius 1 is 1.56 bits per heavy atom. The molecule has 1 aromatic heterocycles. The lowest BCUT2D eigenvalue weighted by Gasteiger charge is -2.30. The summed E-state index contributed by atoms with van der Waals surface area (Å²) in [5, 5.41) is 8.46. The van der Waals surface area contributed by atoms with Gasteiger partial charge in [-0.3, -0.25) is 4.79 Å². The summed E-state index contributed by atoms with van der Waals surface area (Å²) in [6, 6.07) is 4.22. The molecule has 2 rings (SSSR count). The highest BCUT2D eigenvalue weighted by molar-refractivity contribution is 7.10. The molecule has 1 aliphatic heterocycles. The molecule has 2 atom stereocenters. The molecule has 0 aliphatic carbocycles. The minimum absolute atomic E-state index is 0.0174. The molecular weight excluding hydrogens is 220 g/mol. The largest absolute Gasteiger partial charge is 0.346 e. The number of rotatable bonds is 3. The Kier molecular flexibility index (Phi) is 3.61. The topological polar surface area (TPSA) is 41.1 Å². The Bertz CT molecular complexity index is 348.